The molecule has 3 unspecified atom stereocenters. The molecule has 0 aromatic heterocycles. The zero-order valence-corrected chi connectivity index (χ0v) is 12.0. The van der Waals surface area contributed by atoms with Crippen LogP contribution < -0.4 is 5.32 Å². The molecule has 0 amide bonds. The van der Waals surface area contributed by atoms with Gasteiger partial charge >= 0.3 is 5.69 Å². The summed E-state index contributed by atoms with van der Waals surface area (Å²) in [6.07, 6.45) is 3.45. The minimum Gasteiger partial charge on any atom is -0.376 e. The van der Waals surface area contributed by atoms with Crippen LogP contribution in [0, 0.1) is 22.0 Å². The molecular weight excluding hydrogens is 264 g/mol. The molecule has 1 saturated carbocycles. The lowest BCUT2D eigenvalue weighted by atomic mass is 9.78. The average Bonchev–Trinajstić information content (AvgIpc) is 2.34. The second-order valence-electron chi connectivity index (χ2n) is 5.41. The number of halogens is 1. The monoisotopic (exact) mass is 282 g/mol. The van der Waals surface area contributed by atoms with Gasteiger partial charge in [-0.15, -0.1) is 0 Å². The van der Waals surface area contributed by atoms with E-state index in [2.05, 4.69) is 19.2 Å². The first-order valence-corrected chi connectivity index (χ1v) is 7.08. The molecule has 0 aliphatic heterocycles. The Kier molecular flexibility index (Phi) is 4.30. The number of anilines is 1. The van der Waals surface area contributed by atoms with Crippen LogP contribution in [0.1, 0.15) is 33.1 Å². The lowest BCUT2D eigenvalue weighted by Gasteiger charge is -2.35. The summed E-state index contributed by atoms with van der Waals surface area (Å²) in [7, 11) is 0. The van der Waals surface area contributed by atoms with Gasteiger partial charge in [-0.05, 0) is 30.4 Å². The summed E-state index contributed by atoms with van der Waals surface area (Å²) in [5, 5.41) is 14.6. The predicted molar refractivity (Wildman–Crippen MR) is 77.7 cm³/mol. The first-order valence-electron chi connectivity index (χ1n) is 6.70. The molecule has 1 fully saturated rings. The van der Waals surface area contributed by atoms with E-state index in [1.165, 1.54) is 6.42 Å². The SMILES string of the molecule is CC1CCCC(Nc2cccc(Cl)c2[N+](=O)[O-])C1C. The number of para-hydroxylation sites is 1. The van der Waals surface area contributed by atoms with Crippen molar-refractivity contribution in [2.75, 3.05) is 5.32 Å². The Bertz CT molecular complexity index is 479. The normalized spacial score (nSPS) is 27.0. The van der Waals surface area contributed by atoms with Crippen LogP contribution in [0.5, 0.6) is 0 Å². The first kappa shape index (κ1) is 14.1. The molecule has 2 rings (SSSR count). The molecule has 0 saturated heterocycles. The molecule has 1 N–H and O–H groups in total. The topological polar surface area (TPSA) is 55.2 Å². The highest BCUT2D eigenvalue weighted by Gasteiger charge is 2.29. The van der Waals surface area contributed by atoms with Crippen LogP contribution in [-0.2, 0) is 0 Å². The van der Waals surface area contributed by atoms with E-state index in [9.17, 15) is 10.1 Å². The van der Waals surface area contributed by atoms with Crippen LogP contribution in [0.4, 0.5) is 11.4 Å². The summed E-state index contributed by atoms with van der Waals surface area (Å²) >= 11 is 5.93. The van der Waals surface area contributed by atoms with Gasteiger partial charge in [0.05, 0.1) is 4.92 Å². The number of nitrogens with one attached hydrogen (secondary N) is 1. The molecule has 3 atom stereocenters. The molecule has 104 valence electrons. The molecule has 0 radical (unpaired) electrons. The van der Waals surface area contributed by atoms with Gasteiger partial charge in [0.25, 0.3) is 0 Å². The largest absolute Gasteiger partial charge is 0.376 e. The molecule has 1 aromatic carbocycles. The van der Waals surface area contributed by atoms with Crippen LogP contribution in [-0.4, -0.2) is 11.0 Å². The first-order chi connectivity index (χ1) is 9.00. The molecule has 1 aliphatic carbocycles. The Labute approximate surface area is 118 Å². The van der Waals surface area contributed by atoms with Crippen LogP contribution in [0.15, 0.2) is 18.2 Å². The number of benzene rings is 1. The standard InChI is InChI=1S/C14H19ClN2O2/c1-9-5-3-7-12(10(9)2)16-13-8-4-6-11(15)14(13)17(18)19/h4,6,8-10,12,16H,3,5,7H2,1-2H3. The highest BCUT2D eigenvalue weighted by molar-refractivity contribution is 6.33. The van der Waals surface area contributed by atoms with Crippen molar-refractivity contribution >= 4 is 23.0 Å². The Balaban J connectivity index is 2.23. The van der Waals surface area contributed by atoms with Gasteiger partial charge in [-0.2, -0.15) is 0 Å². The van der Waals surface area contributed by atoms with Gasteiger partial charge in [-0.1, -0.05) is 44.4 Å². The second kappa shape index (κ2) is 5.78. The van der Waals surface area contributed by atoms with Crippen molar-refractivity contribution in [3.8, 4) is 0 Å². The fraction of sp³-hybridized carbons (Fsp3) is 0.571. The van der Waals surface area contributed by atoms with E-state index in [4.69, 9.17) is 11.6 Å². The molecule has 1 aromatic rings. The van der Waals surface area contributed by atoms with Gasteiger partial charge in [0.2, 0.25) is 0 Å². The van der Waals surface area contributed by atoms with Crippen LogP contribution in [0.25, 0.3) is 0 Å². The van der Waals surface area contributed by atoms with E-state index in [0.29, 0.717) is 17.5 Å². The third-order valence-electron chi connectivity index (χ3n) is 4.22. The van der Waals surface area contributed by atoms with Crippen molar-refractivity contribution in [3.05, 3.63) is 33.3 Å². The summed E-state index contributed by atoms with van der Waals surface area (Å²) in [6, 6.07) is 5.31. The van der Waals surface area contributed by atoms with Gasteiger partial charge in [-0.25, -0.2) is 0 Å². The highest BCUT2D eigenvalue weighted by atomic mass is 35.5. The van der Waals surface area contributed by atoms with Crippen molar-refractivity contribution < 1.29 is 4.92 Å². The third-order valence-corrected chi connectivity index (χ3v) is 4.52. The Morgan fingerprint density at radius 1 is 1.37 bits per heavy atom. The maximum atomic E-state index is 11.1. The van der Waals surface area contributed by atoms with Crippen LogP contribution in [0.3, 0.4) is 0 Å². The van der Waals surface area contributed by atoms with Crippen molar-refractivity contribution in [1.82, 2.24) is 0 Å². The number of rotatable bonds is 3. The van der Waals surface area contributed by atoms with Gasteiger partial charge in [0.1, 0.15) is 10.7 Å². The molecule has 4 nitrogen and oxygen atoms in total. The summed E-state index contributed by atoms with van der Waals surface area (Å²) in [6.45, 7) is 4.45. The van der Waals surface area contributed by atoms with Crippen molar-refractivity contribution in [2.45, 2.75) is 39.2 Å². The van der Waals surface area contributed by atoms with Gasteiger partial charge in [0, 0.05) is 6.04 Å². The minimum absolute atomic E-state index is 0.0189. The molecule has 1 aliphatic rings. The maximum Gasteiger partial charge on any atom is 0.310 e. The number of hydrogen-bond donors (Lipinski definition) is 1. The maximum absolute atomic E-state index is 11.1. The summed E-state index contributed by atoms with van der Waals surface area (Å²) in [5.41, 5.74) is 0.512. The third kappa shape index (κ3) is 3.00. The van der Waals surface area contributed by atoms with Gasteiger partial charge < -0.3 is 5.32 Å². The zero-order chi connectivity index (χ0) is 14.0. The van der Waals surface area contributed by atoms with Crippen molar-refractivity contribution in [2.24, 2.45) is 11.8 Å². The molecule has 0 heterocycles. The smallest absolute Gasteiger partial charge is 0.310 e. The molecule has 5 heteroatoms. The summed E-state index contributed by atoms with van der Waals surface area (Å²) < 4.78 is 0. The quantitative estimate of drug-likeness (QED) is 0.657. The molecule has 0 bridgehead atoms. The highest BCUT2D eigenvalue weighted by Crippen LogP contribution is 2.36. The van der Waals surface area contributed by atoms with E-state index < -0.39 is 4.92 Å². The number of nitrogens with zero attached hydrogens (tertiary/aromatic N) is 1. The van der Waals surface area contributed by atoms with Gasteiger partial charge in [-0.3, -0.25) is 10.1 Å². The van der Waals surface area contributed by atoms with Crippen LogP contribution >= 0.6 is 11.6 Å². The Morgan fingerprint density at radius 2 is 2.11 bits per heavy atom. The van der Waals surface area contributed by atoms with E-state index in [1.807, 2.05) is 0 Å². The summed E-state index contributed by atoms with van der Waals surface area (Å²) in [4.78, 5) is 10.7. The Morgan fingerprint density at radius 3 is 2.79 bits per heavy atom. The number of hydrogen-bond acceptors (Lipinski definition) is 3. The lowest BCUT2D eigenvalue weighted by Crippen LogP contribution is -2.35. The summed E-state index contributed by atoms with van der Waals surface area (Å²) in [5.74, 6) is 1.15. The number of nitro benzene ring substituents is 1. The van der Waals surface area contributed by atoms with Crippen LogP contribution in [0.2, 0.25) is 5.02 Å². The molecule has 0 spiro atoms. The van der Waals surface area contributed by atoms with E-state index in [-0.39, 0.29) is 16.8 Å². The van der Waals surface area contributed by atoms with Gasteiger partial charge in [0.15, 0.2) is 0 Å². The molecule has 19 heavy (non-hydrogen) atoms. The van der Waals surface area contributed by atoms with Crippen molar-refractivity contribution in [3.63, 3.8) is 0 Å². The lowest BCUT2D eigenvalue weighted by molar-refractivity contribution is -0.383. The average molecular weight is 283 g/mol. The zero-order valence-electron chi connectivity index (χ0n) is 11.2. The number of nitro groups is 1. The second-order valence-corrected chi connectivity index (χ2v) is 5.82. The van der Waals surface area contributed by atoms with Crippen molar-refractivity contribution in [1.29, 1.82) is 0 Å². The fourth-order valence-corrected chi connectivity index (χ4v) is 3.05. The Hall–Kier alpha value is -1.29. The fourth-order valence-electron chi connectivity index (χ4n) is 2.80. The van der Waals surface area contributed by atoms with E-state index >= 15 is 0 Å². The minimum atomic E-state index is -0.415. The van der Waals surface area contributed by atoms with E-state index in [1.54, 1.807) is 18.2 Å². The molecular formula is C14H19ClN2O2. The predicted octanol–water partition coefficient (Wildman–Crippen LogP) is 4.48. The van der Waals surface area contributed by atoms with E-state index in [0.717, 1.165) is 12.8 Å².